The first-order chi connectivity index (χ1) is 17.1. The summed E-state index contributed by atoms with van der Waals surface area (Å²) in [5, 5.41) is 8.19. The fourth-order valence-corrected chi connectivity index (χ4v) is 3.91. The van der Waals surface area contributed by atoms with Crippen molar-refractivity contribution in [3.05, 3.63) is 60.2 Å². The maximum atomic E-state index is 13.2. The number of allylic oxidation sites excluding steroid dienone is 1. The van der Waals surface area contributed by atoms with Crippen molar-refractivity contribution in [2.24, 2.45) is 0 Å². The van der Waals surface area contributed by atoms with E-state index >= 15 is 0 Å². The van der Waals surface area contributed by atoms with E-state index in [-0.39, 0.29) is 25.4 Å². The molecule has 1 aromatic carbocycles. The topological polar surface area (TPSA) is 94.5 Å². The predicted molar refractivity (Wildman–Crippen MR) is 126 cm³/mol. The molecule has 0 radical (unpaired) electrons. The van der Waals surface area contributed by atoms with Crippen LogP contribution >= 0.6 is 0 Å². The second kappa shape index (κ2) is 10.5. The summed E-state index contributed by atoms with van der Waals surface area (Å²) in [6.45, 7) is 4.34. The Morgan fingerprint density at radius 3 is 2.71 bits per heavy atom. The molecular weight excluding hydrogens is 451 g/mol. The van der Waals surface area contributed by atoms with Crippen LogP contribution in [0, 0.1) is 0 Å². The molecule has 0 spiro atoms. The number of hydrogen-bond donors (Lipinski definition) is 0. The highest BCUT2D eigenvalue weighted by molar-refractivity contribution is 5.94. The van der Waals surface area contributed by atoms with Crippen molar-refractivity contribution in [2.75, 3.05) is 18.1 Å². The van der Waals surface area contributed by atoms with Crippen LogP contribution in [0.2, 0.25) is 0 Å². The van der Waals surface area contributed by atoms with Crippen LogP contribution in [0.15, 0.2) is 51.8 Å². The quantitative estimate of drug-likeness (QED) is 0.290. The Morgan fingerprint density at radius 2 is 1.94 bits per heavy atom. The normalized spacial score (nSPS) is 15.3. The van der Waals surface area contributed by atoms with Crippen LogP contribution in [0.3, 0.4) is 0 Å². The highest BCUT2D eigenvalue weighted by Gasteiger charge is 2.29. The first-order valence-electron chi connectivity index (χ1n) is 12.2. The lowest BCUT2D eigenvalue weighted by molar-refractivity contribution is -0.118. The van der Waals surface area contributed by atoms with E-state index in [1.54, 1.807) is 4.90 Å². The Bertz CT molecular complexity index is 1180. The van der Waals surface area contributed by atoms with E-state index < -0.39 is 5.83 Å². The molecule has 9 heteroatoms. The molecule has 0 N–H and O–H groups in total. The van der Waals surface area contributed by atoms with E-state index in [1.165, 1.54) is 0 Å². The molecule has 2 heterocycles. The largest absolute Gasteiger partial charge is 0.372 e. The number of carbonyl (C=O) groups is 1. The number of carbonyl (C=O) groups excluding carboxylic acids is 1. The first kappa shape index (κ1) is 23.4. The molecule has 2 aromatic heterocycles. The van der Waals surface area contributed by atoms with Crippen molar-refractivity contribution in [1.29, 1.82) is 0 Å². The molecular formula is C26H29FN4O4. The monoisotopic (exact) mass is 480 g/mol. The van der Waals surface area contributed by atoms with E-state index in [2.05, 4.69) is 21.9 Å². The third kappa shape index (κ3) is 6.22. The molecule has 2 aliphatic carbocycles. The van der Waals surface area contributed by atoms with E-state index in [9.17, 15) is 9.18 Å². The molecule has 2 aliphatic rings. The standard InChI is InChI=1S/C26H29FN4O4/c1-17(27)6-11-25(32)31(12-3-13-33-16-24-28-26(30-35-24)19-9-10-19)21-5-2-4-20(14-21)22-15-23(34-29-22)18-7-8-18/h2,4-5,14-15,18-19H,1,3,6-13,16H2. The number of hydrogen-bond acceptors (Lipinski definition) is 7. The second-order valence-corrected chi connectivity index (χ2v) is 9.23. The fourth-order valence-electron chi connectivity index (χ4n) is 3.91. The van der Waals surface area contributed by atoms with Crippen molar-refractivity contribution in [3.63, 3.8) is 0 Å². The lowest BCUT2D eigenvalue weighted by Crippen LogP contribution is -2.32. The Hall–Kier alpha value is -3.33. The van der Waals surface area contributed by atoms with Crippen LogP contribution in [0.5, 0.6) is 0 Å². The minimum Gasteiger partial charge on any atom is -0.372 e. The number of anilines is 1. The van der Waals surface area contributed by atoms with Gasteiger partial charge in [0.1, 0.15) is 18.1 Å². The van der Waals surface area contributed by atoms with E-state index in [0.29, 0.717) is 37.3 Å². The van der Waals surface area contributed by atoms with Gasteiger partial charge < -0.3 is 18.7 Å². The molecule has 3 aromatic rings. The molecule has 184 valence electrons. The van der Waals surface area contributed by atoms with Crippen molar-refractivity contribution in [3.8, 4) is 11.3 Å². The van der Waals surface area contributed by atoms with Crippen LogP contribution in [0.25, 0.3) is 11.3 Å². The zero-order valence-corrected chi connectivity index (χ0v) is 19.6. The third-order valence-corrected chi connectivity index (χ3v) is 6.20. The maximum absolute atomic E-state index is 13.2. The van der Waals surface area contributed by atoms with Gasteiger partial charge in [0, 0.05) is 55.1 Å². The van der Waals surface area contributed by atoms with Crippen molar-refractivity contribution in [1.82, 2.24) is 15.3 Å². The number of aromatic nitrogens is 3. The van der Waals surface area contributed by atoms with Crippen LogP contribution in [0.1, 0.15) is 74.3 Å². The fraction of sp³-hybridized carbons (Fsp3) is 0.462. The third-order valence-electron chi connectivity index (χ3n) is 6.20. The van der Waals surface area contributed by atoms with Gasteiger partial charge in [-0.05, 0) is 44.2 Å². The first-order valence-corrected chi connectivity index (χ1v) is 12.2. The van der Waals surface area contributed by atoms with Gasteiger partial charge in [-0.15, -0.1) is 0 Å². The molecule has 0 aliphatic heterocycles. The summed E-state index contributed by atoms with van der Waals surface area (Å²) in [5.74, 6) is 2.35. The second-order valence-electron chi connectivity index (χ2n) is 9.23. The van der Waals surface area contributed by atoms with E-state index in [1.807, 2.05) is 30.3 Å². The summed E-state index contributed by atoms with van der Waals surface area (Å²) >= 11 is 0. The summed E-state index contributed by atoms with van der Waals surface area (Å²) in [4.78, 5) is 19.0. The summed E-state index contributed by atoms with van der Waals surface area (Å²) in [5.41, 5.74) is 2.33. The number of halogens is 1. The van der Waals surface area contributed by atoms with Gasteiger partial charge in [0.15, 0.2) is 5.82 Å². The Morgan fingerprint density at radius 1 is 1.11 bits per heavy atom. The Balaban J connectivity index is 1.21. The van der Waals surface area contributed by atoms with Gasteiger partial charge in [0.2, 0.25) is 5.91 Å². The molecule has 2 fully saturated rings. The van der Waals surface area contributed by atoms with Crippen LogP contribution < -0.4 is 4.90 Å². The number of benzene rings is 1. The van der Waals surface area contributed by atoms with Crippen molar-refractivity contribution in [2.45, 2.75) is 63.4 Å². The zero-order chi connectivity index (χ0) is 24.2. The van der Waals surface area contributed by atoms with Gasteiger partial charge in [-0.25, -0.2) is 4.39 Å². The van der Waals surface area contributed by atoms with Crippen molar-refractivity contribution >= 4 is 11.6 Å². The average Bonchev–Trinajstić information content (AvgIpc) is 3.80. The van der Waals surface area contributed by atoms with Gasteiger partial charge in [-0.3, -0.25) is 4.79 Å². The maximum Gasteiger partial charge on any atom is 0.252 e. The molecule has 0 unspecified atom stereocenters. The van der Waals surface area contributed by atoms with Crippen molar-refractivity contribution < 1.29 is 23.0 Å². The van der Waals surface area contributed by atoms with Gasteiger partial charge in [-0.2, -0.15) is 4.98 Å². The zero-order valence-electron chi connectivity index (χ0n) is 19.6. The summed E-state index contributed by atoms with van der Waals surface area (Å²) in [6, 6.07) is 9.57. The average molecular weight is 481 g/mol. The molecule has 0 bridgehead atoms. The minimum absolute atomic E-state index is 0.0000486. The number of amides is 1. The van der Waals surface area contributed by atoms with Crippen LogP contribution in [-0.2, 0) is 16.1 Å². The number of ether oxygens (including phenoxy) is 1. The Labute approximate surface area is 203 Å². The number of rotatable bonds is 13. The SMILES string of the molecule is C=C(F)CCC(=O)N(CCCOCc1nc(C2CC2)no1)c1cccc(-c2cc(C3CC3)on2)c1. The van der Waals surface area contributed by atoms with Crippen LogP contribution in [0.4, 0.5) is 10.1 Å². The molecule has 35 heavy (non-hydrogen) atoms. The Kier molecular flexibility index (Phi) is 7.03. The molecule has 1 amide bonds. The molecule has 2 saturated carbocycles. The minimum atomic E-state index is -0.504. The van der Waals surface area contributed by atoms with Gasteiger partial charge in [0.25, 0.3) is 5.89 Å². The molecule has 0 saturated heterocycles. The highest BCUT2D eigenvalue weighted by Crippen LogP contribution is 2.41. The molecule has 0 atom stereocenters. The highest BCUT2D eigenvalue weighted by atomic mass is 19.1. The lowest BCUT2D eigenvalue weighted by Gasteiger charge is -2.23. The lowest BCUT2D eigenvalue weighted by atomic mass is 10.1. The van der Waals surface area contributed by atoms with Crippen LogP contribution in [-0.4, -0.2) is 34.4 Å². The van der Waals surface area contributed by atoms with E-state index in [0.717, 1.165) is 54.2 Å². The smallest absolute Gasteiger partial charge is 0.252 e. The van der Waals surface area contributed by atoms with Gasteiger partial charge in [0.05, 0.1) is 5.83 Å². The summed E-state index contributed by atoms with van der Waals surface area (Å²) in [6.07, 6.45) is 5.12. The predicted octanol–water partition coefficient (Wildman–Crippen LogP) is 5.68. The molecule has 8 nitrogen and oxygen atoms in total. The molecule has 5 rings (SSSR count). The van der Waals surface area contributed by atoms with Gasteiger partial charge in [-0.1, -0.05) is 29.0 Å². The number of nitrogens with zero attached hydrogens (tertiary/aromatic N) is 4. The van der Waals surface area contributed by atoms with E-state index in [4.69, 9.17) is 13.8 Å². The summed E-state index contributed by atoms with van der Waals surface area (Å²) < 4.78 is 29.6. The van der Waals surface area contributed by atoms with Gasteiger partial charge >= 0.3 is 0 Å². The summed E-state index contributed by atoms with van der Waals surface area (Å²) in [7, 11) is 0.